The Balaban J connectivity index is 2.53. The van der Waals surface area contributed by atoms with Crippen LogP contribution in [0.15, 0.2) is 12.3 Å². The number of hydrogen-bond acceptors (Lipinski definition) is 2. The van der Waals surface area contributed by atoms with E-state index >= 15 is 0 Å². The van der Waals surface area contributed by atoms with Crippen LogP contribution in [0.1, 0.15) is 19.8 Å². The molecule has 1 rings (SSSR count). The second-order valence-electron chi connectivity index (χ2n) is 3.62. The summed E-state index contributed by atoms with van der Waals surface area (Å²) < 4.78 is 0. The molecular weight excluding hydrogens is 266 g/mol. The lowest BCUT2D eigenvalue weighted by molar-refractivity contribution is 0.521. The minimum Gasteiger partial charge on any atom is -0.369 e. The molecule has 0 saturated carbocycles. The van der Waals surface area contributed by atoms with E-state index in [0.717, 1.165) is 19.4 Å². The number of pyridine rings is 1. The number of rotatable bonds is 6. The summed E-state index contributed by atoms with van der Waals surface area (Å²) in [5.41, 5.74) is 0. The van der Waals surface area contributed by atoms with Crippen LogP contribution in [0.25, 0.3) is 0 Å². The maximum absolute atomic E-state index is 6.00. The number of nitrogens with zero attached hydrogens (tertiary/aromatic N) is 1. The zero-order valence-corrected chi connectivity index (χ0v) is 11.4. The molecule has 1 atom stereocenters. The molecule has 90 valence electrons. The molecule has 0 bridgehead atoms. The molecular formula is C11H15Cl3N2. The van der Waals surface area contributed by atoms with Crippen molar-refractivity contribution in [3.05, 3.63) is 22.3 Å². The number of nitrogens with one attached hydrogen (secondary N) is 1. The van der Waals surface area contributed by atoms with Crippen LogP contribution in [0.5, 0.6) is 0 Å². The number of anilines is 1. The van der Waals surface area contributed by atoms with Crippen molar-refractivity contribution in [1.29, 1.82) is 0 Å². The van der Waals surface area contributed by atoms with Gasteiger partial charge in [0.1, 0.15) is 5.82 Å². The van der Waals surface area contributed by atoms with Gasteiger partial charge in [-0.3, -0.25) is 0 Å². The molecule has 0 aliphatic carbocycles. The zero-order chi connectivity index (χ0) is 12.0. The van der Waals surface area contributed by atoms with Gasteiger partial charge in [-0.25, -0.2) is 4.98 Å². The first-order chi connectivity index (χ1) is 7.67. The van der Waals surface area contributed by atoms with E-state index in [9.17, 15) is 0 Å². The Morgan fingerprint density at radius 2 is 2.19 bits per heavy atom. The van der Waals surface area contributed by atoms with E-state index < -0.39 is 0 Å². The third-order valence-electron chi connectivity index (χ3n) is 2.46. The van der Waals surface area contributed by atoms with Crippen LogP contribution >= 0.6 is 34.8 Å². The quantitative estimate of drug-likeness (QED) is 0.779. The van der Waals surface area contributed by atoms with Crippen molar-refractivity contribution in [2.24, 2.45) is 5.92 Å². The molecule has 5 heteroatoms. The summed E-state index contributed by atoms with van der Waals surface area (Å²) >= 11 is 17.5. The van der Waals surface area contributed by atoms with Gasteiger partial charge < -0.3 is 5.32 Å². The lowest BCUT2D eigenvalue weighted by atomic mass is 10.0. The molecule has 1 heterocycles. The summed E-state index contributed by atoms with van der Waals surface area (Å²) in [6.45, 7) is 2.98. The van der Waals surface area contributed by atoms with Crippen LogP contribution in [0.4, 0.5) is 5.82 Å². The number of aromatic nitrogens is 1. The van der Waals surface area contributed by atoms with Crippen molar-refractivity contribution in [1.82, 2.24) is 4.98 Å². The molecule has 0 aliphatic heterocycles. The van der Waals surface area contributed by atoms with E-state index in [1.165, 1.54) is 0 Å². The number of hydrogen-bond donors (Lipinski definition) is 1. The minimum absolute atomic E-state index is 0.545. The first kappa shape index (κ1) is 13.9. The van der Waals surface area contributed by atoms with Gasteiger partial charge in [0, 0.05) is 18.6 Å². The standard InChI is InChI=1S/C11H15Cl3N2/c1-2-8(3-4-12)6-15-11-10(14)5-9(13)7-16-11/h5,7-8H,2-4,6H2,1H3,(H,15,16). The van der Waals surface area contributed by atoms with E-state index in [1.807, 2.05) is 0 Å². The van der Waals surface area contributed by atoms with Gasteiger partial charge in [-0.15, -0.1) is 11.6 Å². The third kappa shape index (κ3) is 4.36. The molecule has 0 amide bonds. The second kappa shape index (κ2) is 7.21. The predicted octanol–water partition coefficient (Wildman–Crippen LogP) is 4.46. The van der Waals surface area contributed by atoms with Crippen LogP contribution in [0.3, 0.4) is 0 Å². The van der Waals surface area contributed by atoms with Gasteiger partial charge in [-0.2, -0.15) is 0 Å². The van der Waals surface area contributed by atoms with Gasteiger partial charge in [0.2, 0.25) is 0 Å². The molecule has 0 spiro atoms. The molecule has 0 fully saturated rings. The van der Waals surface area contributed by atoms with Crippen molar-refractivity contribution in [2.75, 3.05) is 17.7 Å². The fourth-order valence-corrected chi connectivity index (χ4v) is 2.15. The van der Waals surface area contributed by atoms with Crippen molar-refractivity contribution >= 4 is 40.6 Å². The summed E-state index contributed by atoms with van der Waals surface area (Å²) in [6.07, 6.45) is 3.67. The normalized spacial score (nSPS) is 12.5. The molecule has 0 aliphatic rings. The molecule has 2 nitrogen and oxygen atoms in total. The van der Waals surface area contributed by atoms with Crippen LogP contribution in [0.2, 0.25) is 10.0 Å². The highest BCUT2D eigenvalue weighted by Crippen LogP contribution is 2.23. The van der Waals surface area contributed by atoms with Crippen molar-refractivity contribution in [3.63, 3.8) is 0 Å². The Kier molecular flexibility index (Phi) is 6.25. The zero-order valence-electron chi connectivity index (χ0n) is 9.14. The highest BCUT2D eigenvalue weighted by Gasteiger charge is 2.07. The largest absolute Gasteiger partial charge is 0.369 e. The summed E-state index contributed by atoms with van der Waals surface area (Å²) in [5, 5.41) is 4.31. The fraction of sp³-hybridized carbons (Fsp3) is 0.545. The molecule has 0 aromatic carbocycles. The van der Waals surface area contributed by atoms with Crippen molar-refractivity contribution in [2.45, 2.75) is 19.8 Å². The van der Waals surface area contributed by atoms with Gasteiger partial charge in [0.25, 0.3) is 0 Å². The predicted molar refractivity (Wildman–Crippen MR) is 71.9 cm³/mol. The Morgan fingerprint density at radius 1 is 1.44 bits per heavy atom. The summed E-state index contributed by atoms with van der Waals surface area (Å²) in [4.78, 5) is 4.14. The molecule has 0 radical (unpaired) electrons. The molecule has 16 heavy (non-hydrogen) atoms. The lowest BCUT2D eigenvalue weighted by Gasteiger charge is -2.15. The van der Waals surface area contributed by atoms with E-state index in [0.29, 0.717) is 27.7 Å². The highest BCUT2D eigenvalue weighted by molar-refractivity contribution is 6.35. The van der Waals surface area contributed by atoms with Gasteiger partial charge >= 0.3 is 0 Å². The van der Waals surface area contributed by atoms with Crippen LogP contribution < -0.4 is 5.32 Å². The van der Waals surface area contributed by atoms with E-state index in [1.54, 1.807) is 12.3 Å². The van der Waals surface area contributed by atoms with Gasteiger partial charge in [-0.1, -0.05) is 36.5 Å². The minimum atomic E-state index is 0.545. The van der Waals surface area contributed by atoms with Gasteiger partial charge in [-0.05, 0) is 18.4 Å². The number of halogens is 3. The van der Waals surface area contributed by atoms with Crippen LogP contribution in [-0.4, -0.2) is 17.4 Å². The first-order valence-electron chi connectivity index (χ1n) is 5.28. The van der Waals surface area contributed by atoms with Crippen molar-refractivity contribution in [3.8, 4) is 0 Å². The smallest absolute Gasteiger partial charge is 0.144 e. The van der Waals surface area contributed by atoms with Crippen LogP contribution in [0, 0.1) is 5.92 Å². The summed E-state index contributed by atoms with van der Waals surface area (Å²) in [7, 11) is 0. The average molecular weight is 282 g/mol. The highest BCUT2D eigenvalue weighted by atomic mass is 35.5. The van der Waals surface area contributed by atoms with Crippen molar-refractivity contribution < 1.29 is 0 Å². The molecule has 1 unspecified atom stereocenters. The average Bonchev–Trinajstić information content (AvgIpc) is 2.26. The van der Waals surface area contributed by atoms with E-state index in [-0.39, 0.29) is 0 Å². The number of alkyl halides is 1. The van der Waals surface area contributed by atoms with Gasteiger partial charge in [0.05, 0.1) is 10.0 Å². The Bertz CT molecular complexity index is 331. The molecule has 1 aromatic heterocycles. The first-order valence-corrected chi connectivity index (χ1v) is 6.57. The Hall–Kier alpha value is -0.180. The van der Waals surface area contributed by atoms with E-state index in [2.05, 4.69) is 17.2 Å². The maximum atomic E-state index is 6.00. The summed E-state index contributed by atoms with van der Waals surface area (Å²) in [6, 6.07) is 1.68. The Morgan fingerprint density at radius 3 is 2.75 bits per heavy atom. The second-order valence-corrected chi connectivity index (χ2v) is 4.84. The topological polar surface area (TPSA) is 24.9 Å². The SMILES string of the molecule is CCC(CCCl)CNc1ncc(Cl)cc1Cl. The van der Waals surface area contributed by atoms with Gasteiger partial charge in [0.15, 0.2) is 0 Å². The molecule has 1 aromatic rings. The third-order valence-corrected chi connectivity index (χ3v) is 3.17. The maximum Gasteiger partial charge on any atom is 0.144 e. The van der Waals surface area contributed by atoms with Crippen LogP contribution in [-0.2, 0) is 0 Å². The fourth-order valence-electron chi connectivity index (χ4n) is 1.39. The monoisotopic (exact) mass is 280 g/mol. The van der Waals surface area contributed by atoms with E-state index in [4.69, 9.17) is 34.8 Å². The lowest BCUT2D eigenvalue weighted by Crippen LogP contribution is -2.15. The molecule has 0 saturated heterocycles. The summed E-state index contributed by atoms with van der Waals surface area (Å²) in [5.74, 6) is 1.91. The molecule has 1 N–H and O–H groups in total. The Labute approximate surface area is 111 Å².